The number of hydrogen-bond acceptors (Lipinski definition) is 2. The summed E-state index contributed by atoms with van der Waals surface area (Å²) in [6.45, 7) is 6.06. The Balaban J connectivity index is 1.89. The van der Waals surface area contributed by atoms with Gasteiger partial charge in [-0.3, -0.25) is 0 Å². The molecule has 2 nitrogen and oxygen atoms in total. The Morgan fingerprint density at radius 1 is 1.10 bits per heavy atom. The third-order valence-corrected chi connectivity index (χ3v) is 4.23. The molecule has 0 aromatic heterocycles. The topological polar surface area (TPSA) is 21.3 Å². The summed E-state index contributed by atoms with van der Waals surface area (Å²) in [5.74, 6) is 0. The van der Waals surface area contributed by atoms with E-state index in [1.165, 1.54) is 49.7 Å². The molecule has 2 heteroatoms. The molecule has 0 aliphatic heterocycles. The van der Waals surface area contributed by atoms with Crippen molar-refractivity contribution in [3.63, 3.8) is 0 Å². The van der Waals surface area contributed by atoms with Crippen LogP contribution in [0.25, 0.3) is 0 Å². The van der Waals surface area contributed by atoms with E-state index >= 15 is 0 Å². The first-order chi connectivity index (χ1) is 9.79. The first-order valence-corrected chi connectivity index (χ1v) is 8.21. The Labute approximate surface area is 123 Å². The van der Waals surface area contributed by atoms with E-state index in [4.69, 9.17) is 4.74 Å². The highest BCUT2D eigenvalue weighted by atomic mass is 16.5. The van der Waals surface area contributed by atoms with Crippen LogP contribution in [0, 0.1) is 6.92 Å². The summed E-state index contributed by atoms with van der Waals surface area (Å²) in [5, 5.41) is 3.55. The lowest BCUT2D eigenvalue weighted by molar-refractivity contribution is 0.0291. The maximum Gasteiger partial charge on any atom is 0.0665 e. The van der Waals surface area contributed by atoms with Gasteiger partial charge in [-0.2, -0.15) is 0 Å². The monoisotopic (exact) mass is 275 g/mol. The predicted octanol–water partition coefficient (Wildman–Crippen LogP) is 4.39. The quantitative estimate of drug-likeness (QED) is 0.778. The van der Waals surface area contributed by atoms with Crippen molar-refractivity contribution in [3.05, 3.63) is 35.4 Å². The Hall–Kier alpha value is -0.860. The second-order valence-electron chi connectivity index (χ2n) is 5.97. The van der Waals surface area contributed by atoms with Gasteiger partial charge in [-0.15, -0.1) is 0 Å². The molecule has 0 saturated heterocycles. The maximum absolute atomic E-state index is 6.20. The van der Waals surface area contributed by atoms with Crippen LogP contribution in [-0.2, 0) is 4.74 Å². The van der Waals surface area contributed by atoms with Crippen molar-refractivity contribution in [2.24, 2.45) is 0 Å². The molecule has 1 aromatic carbocycles. The fraction of sp³-hybridized carbons (Fsp3) is 0.667. The van der Waals surface area contributed by atoms with Crippen LogP contribution in [0.15, 0.2) is 24.3 Å². The van der Waals surface area contributed by atoms with E-state index in [0.29, 0.717) is 12.1 Å². The molecule has 0 bridgehead atoms. The number of likely N-dealkylation sites (N-methyl/N-ethyl adjacent to an activating group) is 1. The van der Waals surface area contributed by atoms with Crippen LogP contribution >= 0.6 is 0 Å². The van der Waals surface area contributed by atoms with Gasteiger partial charge in [0, 0.05) is 0 Å². The van der Waals surface area contributed by atoms with E-state index in [9.17, 15) is 0 Å². The van der Waals surface area contributed by atoms with Crippen molar-refractivity contribution < 1.29 is 4.74 Å². The molecule has 1 N–H and O–H groups in total. The minimum atomic E-state index is 0.323. The standard InChI is InChI=1S/C18H29NO/c1-3-19-18(16-12-10-15(2)11-13-16)14-20-17-8-6-4-5-7-9-17/h10-13,17-19H,3-9,14H2,1-2H3. The van der Waals surface area contributed by atoms with Gasteiger partial charge in [0.2, 0.25) is 0 Å². The smallest absolute Gasteiger partial charge is 0.0665 e. The molecule has 1 atom stereocenters. The molecule has 1 saturated carbocycles. The Kier molecular flexibility index (Phi) is 6.55. The molecule has 112 valence electrons. The fourth-order valence-electron chi connectivity index (χ4n) is 2.96. The highest BCUT2D eigenvalue weighted by Crippen LogP contribution is 2.22. The average Bonchev–Trinajstić information content (AvgIpc) is 2.73. The minimum Gasteiger partial charge on any atom is -0.376 e. The van der Waals surface area contributed by atoms with Crippen LogP contribution in [0.2, 0.25) is 0 Å². The van der Waals surface area contributed by atoms with Crippen LogP contribution in [0.5, 0.6) is 0 Å². The van der Waals surface area contributed by atoms with Crippen molar-refractivity contribution in [2.75, 3.05) is 13.2 Å². The molecule has 20 heavy (non-hydrogen) atoms. The number of ether oxygens (including phenoxy) is 1. The molecule has 1 unspecified atom stereocenters. The summed E-state index contributed by atoms with van der Waals surface area (Å²) in [4.78, 5) is 0. The molecular formula is C18H29NO. The van der Waals surface area contributed by atoms with Crippen LogP contribution in [0.1, 0.15) is 62.6 Å². The second kappa shape index (κ2) is 8.43. The summed E-state index contributed by atoms with van der Waals surface area (Å²) < 4.78 is 6.20. The third kappa shape index (κ3) is 4.92. The number of rotatable bonds is 6. The number of hydrogen-bond donors (Lipinski definition) is 1. The third-order valence-electron chi connectivity index (χ3n) is 4.23. The zero-order valence-electron chi connectivity index (χ0n) is 13.0. The summed E-state index contributed by atoms with van der Waals surface area (Å²) in [7, 11) is 0. The number of nitrogens with one attached hydrogen (secondary N) is 1. The fourth-order valence-corrected chi connectivity index (χ4v) is 2.96. The second-order valence-corrected chi connectivity index (χ2v) is 5.97. The molecule has 1 aromatic rings. The summed E-state index contributed by atoms with van der Waals surface area (Å²) in [5.41, 5.74) is 2.65. The highest BCUT2D eigenvalue weighted by Gasteiger charge is 2.16. The molecule has 1 aliphatic carbocycles. The highest BCUT2D eigenvalue weighted by molar-refractivity contribution is 5.24. The SMILES string of the molecule is CCNC(COC1CCCCCC1)c1ccc(C)cc1. The molecular weight excluding hydrogens is 246 g/mol. The summed E-state index contributed by atoms with van der Waals surface area (Å²) in [6, 6.07) is 9.14. The zero-order valence-corrected chi connectivity index (χ0v) is 13.0. The van der Waals surface area contributed by atoms with Crippen molar-refractivity contribution >= 4 is 0 Å². The van der Waals surface area contributed by atoms with Crippen LogP contribution in [-0.4, -0.2) is 19.3 Å². The summed E-state index contributed by atoms with van der Waals surface area (Å²) >= 11 is 0. The Morgan fingerprint density at radius 3 is 2.35 bits per heavy atom. The predicted molar refractivity (Wildman–Crippen MR) is 85.0 cm³/mol. The van der Waals surface area contributed by atoms with E-state index in [1.54, 1.807) is 0 Å². The lowest BCUT2D eigenvalue weighted by Gasteiger charge is -2.22. The molecule has 2 rings (SSSR count). The first kappa shape index (κ1) is 15.5. The van der Waals surface area contributed by atoms with E-state index in [0.717, 1.165) is 13.2 Å². The van der Waals surface area contributed by atoms with Gasteiger partial charge in [0.15, 0.2) is 0 Å². The maximum atomic E-state index is 6.20. The van der Waals surface area contributed by atoms with Gasteiger partial charge in [-0.1, -0.05) is 62.4 Å². The molecule has 0 radical (unpaired) electrons. The summed E-state index contributed by atoms with van der Waals surface area (Å²) in [6.07, 6.45) is 8.40. The molecule has 0 heterocycles. The van der Waals surface area contributed by atoms with Gasteiger partial charge >= 0.3 is 0 Å². The number of benzene rings is 1. The molecule has 1 fully saturated rings. The van der Waals surface area contributed by atoms with Gasteiger partial charge < -0.3 is 10.1 Å². The van der Waals surface area contributed by atoms with E-state index in [1.807, 2.05) is 0 Å². The lowest BCUT2D eigenvalue weighted by atomic mass is 10.1. The van der Waals surface area contributed by atoms with Crippen molar-refractivity contribution in [3.8, 4) is 0 Å². The largest absolute Gasteiger partial charge is 0.376 e. The van der Waals surface area contributed by atoms with Gasteiger partial charge in [0.1, 0.15) is 0 Å². The average molecular weight is 275 g/mol. The Bertz CT molecular complexity index is 366. The van der Waals surface area contributed by atoms with Gasteiger partial charge in [0.25, 0.3) is 0 Å². The van der Waals surface area contributed by atoms with Gasteiger partial charge in [-0.05, 0) is 31.9 Å². The lowest BCUT2D eigenvalue weighted by Crippen LogP contribution is -2.27. The molecule has 1 aliphatic rings. The van der Waals surface area contributed by atoms with E-state index in [-0.39, 0.29) is 0 Å². The minimum absolute atomic E-state index is 0.323. The van der Waals surface area contributed by atoms with Crippen LogP contribution in [0.3, 0.4) is 0 Å². The number of aryl methyl sites for hydroxylation is 1. The molecule has 0 amide bonds. The van der Waals surface area contributed by atoms with Gasteiger partial charge in [-0.25, -0.2) is 0 Å². The normalized spacial score (nSPS) is 18.7. The first-order valence-electron chi connectivity index (χ1n) is 8.21. The van der Waals surface area contributed by atoms with Crippen molar-refractivity contribution in [1.29, 1.82) is 0 Å². The van der Waals surface area contributed by atoms with Crippen molar-refractivity contribution in [1.82, 2.24) is 5.32 Å². The Morgan fingerprint density at radius 2 is 1.75 bits per heavy atom. The zero-order chi connectivity index (χ0) is 14.2. The van der Waals surface area contributed by atoms with Crippen molar-refractivity contribution in [2.45, 2.75) is 64.5 Å². The van der Waals surface area contributed by atoms with Gasteiger partial charge in [0.05, 0.1) is 18.8 Å². The van der Waals surface area contributed by atoms with Crippen LogP contribution < -0.4 is 5.32 Å². The van der Waals surface area contributed by atoms with E-state index in [2.05, 4.69) is 43.4 Å². The van der Waals surface area contributed by atoms with E-state index < -0.39 is 0 Å². The molecule has 0 spiro atoms. The van der Waals surface area contributed by atoms with Crippen LogP contribution in [0.4, 0.5) is 0 Å².